The Hall–Kier alpha value is -1.10. The molecule has 1 amide bonds. The van der Waals surface area contributed by atoms with Gasteiger partial charge >= 0.3 is 0 Å². The zero-order valence-electron chi connectivity index (χ0n) is 14.4. The first-order chi connectivity index (χ1) is 10.6. The van der Waals surface area contributed by atoms with E-state index in [4.69, 9.17) is 4.74 Å². The minimum atomic E-state index is -0.368. The van der Waals surface area contributed by atoms with E-state index in [9.17, 15) is 4.79 Å². The van der Waals surface area contributed by atoms with Crippen molar-refractivity contribution in [2.75, 3.05) is 33.4 Å². The lowest BCUT2D eigenvalue weighted by Crippen LogP contribution is -2.50. The highest BCUT2D eigenvalue weighted by Crippen LogP contribution is 2.29. The fourth-order valence-electron chi connectivity index (χ4n) is 3.06. The zero-order chi connectivity index (χ0) is 16.0. The number of carbonyl (C=O) groups excluding carboxylic acids is 1. The highest BCUT2D eigenvalue weighted by Gasteiger charge is 2.39. The van der Waals surface area contributed by atoms with E-state index in [2.05, 4.69) is 48.7 Å². The van der Waals surface area contributed by atoms with E-state index in [0.717, 1.165) is 25.9 Å². The number of methoxy groups -OCH3 is 1. The van der Waals surface area contributed by atoms with Gasteiger partial charge in [0.1, 0.15) is 0 Å². The largest absolute Gasteiger partial charge is 0.384 e. The molecule has 1 aromatic carbocycles. The van der Waals surface area contributed by atoms with Crippen LogP contribution in [0, 0.1) is 12.3 Å². The lowest BCUT2D eigenvalue weighted by molar-refractivity contribution is -0.136. The number of rotatable bonds is 6. The normalized spacial score (nSPS) is 17.9. The second kappa shape index (κ2) is 9.26. The maximum atomic E-state index is 12.7. The van der Waals surface area contributed by atoms with Crippen molar-refractivity contribution in [2.45, 2.75) is 32.6 Å². The summed E-state index contributed by atoms with van der Waals surface area (Å²) in [6.07, 6.45) is 1.68. The van der Waals surface area contributed by atoms with Crippen molar-refractivity contribution < 1.29 is 9.53 Å². The van der Waals surface area contributed by atoms with Gasteiger partial charge in [-0.3, -0.25) is 4.79 Å². The number of piperidine rings is 1. The Kier molecular flexibility index (Phi) is 8.03. The average molecular weight is 341 g/mol. The third-order valence-corrected chi connectivity index (χ3v) is 4.68. The predicted octanol–water partition coefficient (Wildman–Crippen LogP) is 2.65. The minimum absolute atomic E-state index is 0. The minimum Gasteiger partial charge on any atom is -0.384 e. The van der Waals surface area contributed by atoms with E-state index in [-0.39, 0.29) is 23.7 Å². The van der Waals surface area contributed by atoms with E-state index in [0.29, 0.717) is 19.1 Å². The van der Waals surface area contributed by atoms with Crippen LogP contribution < -0.4 is 10.6 Å². The molecule has 0 bridgehead atoms. The van der Waals surface area contributed by atoms with Gasteiger partial charge in [-0.1, -0.05) is 36.8 Å². The summed E-state index contributed by atoms with van der Waals surface area (Å²) in [5, 5.41) is 6.46. The van der Waals surface area contributed by atoms with Gasteiger partial charge in [-0.25, -0.2) is 0 Å². The average Bonchev–Trinajstić information content (AvgIpc) is 2.54. The Bertz CT molecular complexity index is 479. The Labute approximate surface area is 145 Å². The molecular formula is C18H29ClN2O2. The molecule has 1 unspecified atom stereocenters. The maximum Gasteiger partial charge on any atom is 0.228 e. The number of ether oxygens (including phenoxy) is 1. The van der Waals surface area contributed by atoms with Crippen molar-refractivity contribution in [3.63, 3.8) is 0 Å². The van der Waals surface area contributed by atoms with Crippen LogP contribution in [0.1, 0.15) is 36.8 Å². The van der Waals surface area contributed by atoms with Crippen molar-refractivity contribution in [3.8, 4) is 0 Å². The van der Waals surface area contributed by atoms with Crippen molar-refractivity contribution in [2.24, 2.45) is 5.41 Å². The molecule has 0 saturated carbocycles. The third kappa shape index (κ3) is 5.20. The van der Waals surface area contributed by atoms with Gasteiger partial charge in [0.05, 0.1) is 12.0 Å². The number of hydrogen-bond donors (Lipinski definition) is 2. The van der Waals surface area contributed by atoms with Crippen LogP contribution in [0.15, 0.2) is 24.3 Å². The quantitative estimate of drug-likeness (QED) is 0.837. The first kappa shape index (κ1) is 19.9. The lowest BCUT2D eigenvalue weighted by Gasteiger charge is -2.35. The highest BCUT2D eigenvalue weighted by molar-refractivity contribution is 5.85. The monoisotopic (exact) mass is 340 g/mol. The van der Waals surface area contributed by atoms with Crippen LogP contribution in [0.4, 0.5) is 0 Å². The maximum absolute atomic E-state index is 12.7. The second-order valence-corrected chi connectivity index (χ2v) is 6.49. The standard InChI is InChI=1S/C18H28N2O2.ClH/c1-14-4-6-16(7-5-14)15(2)12-20-17(21)18(13-22-3)8-10-19-11-9-18;/h4-7,15,19H,8-13H2,1-3H3,(H,20,21);1H. The summed E-state index contributed by atoms with van der Waals surface area (Å²) >= 11 is 0. The summed E-state index contributed by atoms with van der Waals surface area (Å²) in [6, 6.07) is 8.52. The summed E-state index contributed by atoms with van der Waals surface area (Å²) < 4.78 is 5.32. The molecule has 4 nitrogen and oxygen atoms in total. The van der Waals surface area contributed by atoms with Crippen LogP contribution in [0.3, 0.4) is 0 Å². The molecule has 1 aromatic rings. The van der Waals surface area contributed by atoms with Crippen molar-refractivity contribution >= 4 is 18.3 Å². The summed E-state index contributed by atoms with van der Waals surface area (Å²) in [4.78, 5) is 12.7. The topological polar surface area (TPSA) is 50.4 Å². The van der Waals surface area contributed by atoms with Crippen LogP contribution in [-0.2, 0) is 9.53 Å². The van der Waals surface area contributed by atoms with Gasteiger partial charge < -0.3 is 15.4 Å². The zero-order valence-corrected chi connectivity index (χ0v) is 15.2. The van der Waals surface area contributed by atoms with Gasteiger partial charge in [0.25, 0.3) is 0 Å². The fraction of sp³-hybridized carbons (Fsp3) is 0.611. The van der Waals surface area contributed by atoms with Crippen LogP contribution in [0.25, 0.3) is 0 Å². The summed E-state index contributed by atoms with van der Waals surface area (Å²) in [5.74, 6) is 0.445. The van der Waals surface area contributed by atoms with Gasteiger partial charge in [-0.15, -0.1) is 12.4 Å². The molecule has 0 aromatic heterocycles. The van der Waals surface area contributed by atoms with E-state index in [1.165, 1.54) is 11.1 Å². The highest BCUT2D eigenvalue weighted by atomic mass is 35.5. The third-order valence-electron chi connectivity index (χ3n) is 4.68. The van der Waals surface area contributed by atoms with Crippen LogP contribution in [0.5, 0.6) is 0 Å². The molecule has 23 heavy (non-hydrogen) atoms. The molecule has 0 spiro atoms. The molecule has 1 atom stereocenters. The molecule has 1 saturated heterocycles. The Balaban J connectivity index is 0.00000264. The van der Waals surface area contributed by atoms with Gasteiger partial charge in [-0.05, 0) is 44.3 Å². The molecule has 5 heteroatoms. The number of benzene rings is 1. The predicted molar refractivity (Wildman–Crippen MR) is 96.3 cm³/mol. The van der Waals surface area contributed by atoms with E-state index < -0.39 is 0 Å². The second-order valence-electron chi connectivity index (χ2n) is 6.49. The van der Waals surface area contributed by atoms with E-state index in [1.54, 1.807) is 7.11 Å². The van der Waals surface area contributed by atoms with E-state index >= 15 is 0 Å². The number of hydrogen-bond acceptors (Lipinski definition) is 3. The smallest absolute Gasteiger partial charge is 0.228 e. The molecule has 130 valence electrons. The first-order valence-corrected chi connectivity index (χ1v) is 8.12. The number of carbonyl (C=O) groups is 1. The SMILES string of the molecule is COCC1(C(=O)NCC(C)c2ccc(C)cc2)CCNCC1.Cl. The summed E-state index contributed by atoms with van der Waals surface area (Å²) in [6.45, 7) is 7.16. The molecule has 0 radical (unpaired) electrons. The number of nitrogens with one attached hydrogen (secondary N) is 2. The molecule has 0 aliphatic carbocycles. The first-order valence-electron chi connectivity index (χ1n) is 8.12. The van der Waals surface area contributed by atoms with Crippen molar-refractivity contribution in [1.82, 2.24) is 10.6 Å². The molecule has 2 N–H and O–H groups in total. The molecule has 1 aliphatic rings. The van der Waals surface area contributed by atoms with Gasteiger partial charge in [0, 0.05) is 13.7 Å². The van der Waals surface area contributed by atoms with Crippen LogP contribution in [0.2, 0.25) is 0 Å². The summed E-state index contributed by atoms with van der Waals surface area (Å²) in [7, 11) is 1.67. The van der Waals surface area contributed by atoms with Gasteiger partial charge in [0.15, 0.2) is 0 Å². The Morgan fingerprint density at radius 2 is 1.91 bits per heavy atom. The molecule has 1 fully saturated rings. The lowest BCUT2D eigenvalue weighted by atomic mass is 9.78. The molecule has 2 rings (SSSR count). The molecule has 1 heterocycles. The Morgan fingerprint density at radius 3 is 2.48 bits per heavy atom. The molecular weight excluding hydrogens is 312 g/mol. The Morgan fingerprint density at radius 1 is 1.30 bits per heavy atom. The fourth-order valence-corrected chi connectivity index (χ4v) is 3.06. The van der Waals surface area contributed by atoms with Crippen LogP contribution in [-0.4, -0.2) is 39.3 Å². The van der Waals surface area contributed by atoms with Gasteiger partial charge in [0.2, 0.25) is 5.91 Å². The van der Waals surface area contributed by atoms with Crippen LogP contribution >= 0.6 is 12.4 Å². The van der Waals surface area contributed by atoms with E-state index in [1.807, 2.05) is 0 Å². The number of amides is 1. The number of halogens is 1. The molecule has 1 aliphatic heterocycles. The summed E-state index contributed by atoms with van der Waals surface area (Å²) in [5.41, 5.74) is 2.15. The number of aryl methyl sites for hydroxylation is 1. The van der Waals surface area contributed by atoms with Gasteiger partial charge in [-0.2, -0.15) is 0 Å². The van der Waals surface area contributed by atoms with Crippen molar-refractivity contribution in [1.29, 1.82) is 0 Å². The van der Waals surface area contributed by atoms with Crippen molar-refractivity contribution in [3.05, 3.63) is 35.4 Å².